The van der Waals surface area contributed by atoms with Crippen molar-refractivity contribution in [2.24, 2.45) is 5.73 Å². The fraction of sp³-hybridized carbons (Fsp3) is 0.357. The van der Waals surface area contributed by atoms with Crippen LogP contribution in [-0.4, -0.2) is 37.0 Å². The first kappa shape index (κ1) is 14.1. The number of benzene rings is 1. The molecule has 1 unspecified atom stereocenters. The van der Waals surface area contributed by atoms with E-state index in [9.17, 15) is 4.79 Å². The van der Waals surface area contributed by atoms with Gasteiger partial charge in [0.05, 0.1) is 7.11 Å². The molecule has 1 fully saturated rings. The molecule has 1 heterocycles. The summed E-state index contributed by atoms with van der Waals surface area (Å²) in [6, 6.07) is 5.79. The minimum absolute atomic E-state index is 0.00465. The Morgan fingerprint density at radius 3 is 3.00 bits per heavy atom. The fourth-order valence-corrected chi connectivity index (χ4v) is 2.47. The van der Waals surface area contributed by atoms with Crippen LogP contribution in [0.2, 0.25) is 0 Å². The summed E-state index contributed by atoms with van der Waals surface area (Å²) in [5.41, 5.74) is 6.66. The number of nitrogens with two attached hydrogens (primary N) is 1. The van der Waals surface area contributed by atoms with Crippen LogP contribution in [-0.2, 0) is 4.79 Å². The predicted octanol–water partition coefficient (Wildman–Crippen LogP) is 2.03. The van der Waals surface area contributed by atoms with E-state index in [0.29, 0.717) is 6.54 Å². The smallest absolute Gasteiger partial charge is 0.246 e. The zero-order valence-electron chi connectivity index (χ0n) is 10.8. The number of carbonyl (C=O) groups excluding carboxylic acids is 1. The van der Waals surface area contributed by atoms with Gasteiger partial charge in [-0.2, -0.15) is 0 Å². The molecule has 0 saturated carbocycles. The highest BCUT2D eigenvalue weighted by Crippen LogP contribution is 2.24. The minimum Gasteiger partial charge on any atom is -0.496 e. The van der Waals surface area contributed by atoms with Gasteiger partial charge in [0.25, 0.3) is 0 Å². The average Bonchev–Trinajstić information content (AvgIpc) is 2.83. The summed E-state index contributed by atoms with van der Waals surface area (Å²) in [6.07, 6.45) is 4.22. The lowest BCUT2D eigenvalue weighted by Gasteiger charge is -2.12. The van der Waals surface area contributed by atoms with E-state index in [2.05, 4.69) is 15.9 Å². The molecular formula is C14H17BrN2O2. The first-order valence-corrected chi connectivity index (χ1v) is 6.95. The van der Waals surface area contributed by atoms with E-state index >= 15 is 0 Å². The van der Waals surface area contributed by atoms with E-state index in [1.54, 1.807) is 24.2 Å². The average molecular weight is 325 g/mol. The van der Waals surface area contributed by atoms with Crippen LogP contribution in [0.15, 0.2) is 28.7 Å². The maximum Gasteiger partial charge on any atom is 0.246 e. The molecule has 1 aromatic carbocycles. The Morgan fingerprint density at radius 1 is 1.58 bits per heavy atom. The summed E-state index contributed by atoms with van der Waals surface area (Å²) in [5.74, 6) is 0.736. The van der Waals surface area contributed by atoms with Gasteiger partial charge in [-0.3, -0.25) is 4.79 Å². The summed E-state index contributed by atoms with van der Waals surface area (Å²) in [6.45, 7) is 1.37. The third kappa shape index (κ3) is 3.58. The molecule has 0 radical (unpaired) electrons. The second-order valence-corrected chi connectivity index (χ2v) is 5.47. The SMILES string of the molecule is COc1ccc(Br)cc1C=CC(=O)N1CCC(N)C1. The Balaban J connectivity index is 2.09. The van der Waals surface area contributed by atoms with E-state index in [-0.39, 0.29) is 11.9 Å². The highest BCUT2D eigenvalue weighted by Gasteiger charge is 2.21. The van der Waals surface area contributed by atoms with Crippen molar-refractivity contribution in [3.05, 3.63) is 34.3 Å². The molecule has 0 spiro atoms. The zero-order chi connectivity index (χ0) is 13.8. The number of rotatable bonds is 3. The van der Waals surface area contributed by atoms with Crippen LogP contribution in [0.4, 0.5) is 0 Å². The van der Waals surface area contributed by atoms with Crippen molar-refractivity contribution >= 4 is 27.9 Å². The second kappa shape index (κ2) is 6.21. The number of amides is 1. The van der Waals surface area contributed by atoms with Crippen LogP contribution in [0.25, 0.3) is 6.08 Å². The molecule has 2 rings (SSSR count). The fourth-order valence-electron chi connectivity index (χ4n) is 2.09. The van der Waals surface area contributed by atoms with Gasteiger partial charge in [0.15, 0.2) is 0 Å². The topological polar surface area (TPSA) is 55.6 Å². The monoisotopic (exact) mass is 324 g/mol. The minimum atomic E-state index is -0.00465. The lowest BCUT2D eigenvalue weighted by molar-refractivity contribution is -0.124. The molecule has 1 aromatic rings. The Hall–Kier alpha value is -1.33. The van der Waals surface area contributed by atoms with Crippen molar-refractivity contribution in [2.45, 2.75) is 12.5 Å². The highest BCUT2D eigenvalue weighted by atomic mass is 79.9. The molecular weight excluding hydrogens is 308 g/mol. The van der Waals surface area contributed by atoms with Gasteiger partial charge in [0, 0.05) is 35.2 Å². The van der Waals surface area contributed by atoms with Crippen molar-refractivity contribution in [3.63, 3.8) is 0 Å². The third-order valence-corrected chi connectivity index (χ3v) is 3.63. The molecule has 0 aliphatic carbocycles. The van der Waals surface area contributed by atoms with E-state index in [1.807, 2.05) is 18.2 Å². The third-order valence-electron chi connectivity index (χ3n) is 3.13. The number of halogens is 1. The van der Waals surface area contributed by atoms with Crippen molar-refractivity contribution < 1.29 is 9.53 Å². The molecule has 0 aromatic heterocycles. The molecule has 0 bridgehead atoms. The van der Waals surface area contributed by atoms with Crippen molar-refractivity contribution in [1.82, 2.24) is 4.90 Å². The standard InChI is InChI=1S/C14H17BrN2O2/c1-19-13-4-3-11(15)8-10(13)2-5-14(18)17-7-6-12(16)9-17/h2-5,8,12H,6-7,9,16H2,1H3. The molecule has 1 saturated heterocycles. The Bertz CT molecular complexity index is 502. The Morgan fingerprint density at radius 2 is 2.37 bits per heavy atom. The Kier molecular flexibility index (Phi) is 4.61. The van der Waals surface area contributed by atoms with Crippen LogP contribution in [0.1, 0.15) is 12.0 Å². The number of ether oxygens (including phenoxy) is 1. The van der Waals surface area contributed by atoms with Crippen molar-refractivity contribution in [2.75, 3.05) is 20.2 Å². The number of likely N-dealkylation sites (tertiary alicyclic amines) is 1. The number of nitrogens with zero attached hydrogens (tertiary/aromatic N) is 1. The summed E-state index contributed by atoms with van der Waals surface area (Å²) in [4.78, 5) is 13.7. The summed E-state index contributed by atoms with van der Waals surface area (Å²) in [5, 5.41) is 0. The largest absolute Gasteiger partial charge is 0.496 e. The van der Waals surface area contributed by atoms with Gasteiger partial charge in [-0.1, -0.05) is 15.9 Å². The van der Waals surface area contributed by atoms with Gasteiger partial charge in [0.2, 0.25) is 5.91 Å². The second-order valence-electron chi connectivity index (χ2n) is 4.55. The molecule has 1 amide bonds. The molecule has 4 nitrogen and oxygen atoms in total. The van der Waals surface area contributed by atoms with Crippen LogP contribution in [0.5, 0.6) is 5.75 Å². The van der Waals surface area contributed by atoms with Crippen LogP contribution < -0.4 is 10.5 Å². The molecule has 1 atom stereocenters. The van der Waals surface area contributed by atoms with Crippen molar-refractivity contribution in [3.8, 4) is 5.75 Å². The quantitative estimate of drug-likeness (QED) is 0.865. The van der Waals surface area contributed by atoms with Crippen molar-refractivity contribution in [1.29, 1.82) is 0 Å². The van der Waals surface area contributed by atoms with E-state index in [4.69, 9.17) is 10.5 Å². The molecule has 5 heteroatoms. The molecule has 2 N–H and O–H groups in total. The Labute approximate surface area is 121 Å². The lowest BCUT2D eigenvalue weighted by Crippen LogP contribution is -2.30. The number of hydrogen-bond donors (Lipinski definition) is 1. The zero-order valence-corrected chi connectivity index (χ0v) is 12.4. The normalized spacial score (nSPS) is 19.1. The molecule has 1 aliphatic rings. The van der Waals surface area contributed by atoms with Gasteiger partial charge in [-0.15, -0.1) is 0 Å². The van der Waals surface area contributed by atoms with E-state index < -0.39 is 0 Å². The molecule has 1 aliphatic heterocycles. The van der Waals surface area contributed by atoms with Gasteiger partial charge in [-0.25, -0.2) is 0 Å². The van der Waals surface area contributed by atoms with Crippen LogP contribution in [0.3, 0.4) is 0 Å². The van der Waals surface area contributed by atoms with Gasteiger partial charge in [0.1, 0.15) is 5.75 Å². The highest BCUT2D eigenvalue weighted by molar-refractivity contribution is 9.10. The van der Waals surface area contributed by atoms with Crippen LogP contribution in [0, 0.1) is 0 Å². The van der Waals surface area contributed by atoms with Gasteiger partial charge in [-0.05, 0) is 30.7 Å². The lowest BCUT2D eigenvalue weighted by atomic mass is 10.2. The maximum atomic E-state index is 12.0. The summed E-state index contributed by atoms with van der Waals surface area (Å²) < 4.78 is 6.21. The summed E-state index contributed by atoms with van der Waals surface area (Å²) in [7, 11) is 1.61. The van der Waals surface area contributed by atoms with E-state index in [0.717, 1.165) is 28.8 Å². The van der Waals surface area contributed by atoms with Gasteiger partial charge >= 0.3 is 0 Å². The first-order chi connectivity index (χ1) is 9.10. The van der Waals surface area contributed by atoms with Gasteiger partial charge < -0.3 is 15.4 Å². The summed E-state index contributed by atoms with van der Waals surface area (Å²) >= 11 is 3.41. The van der Waals surface area contributed by atoms with Crippen LogP contribution >= 0.6 is 15.9 Å². The molecule has 19 heavy (non-hydrogen) atoms. The first-order valence-electron chi connectivity index (χ1n) is 6.16. The number of hydrogen-bond acceptors (Lipinski definition) is 3. The predicted molar refractivity (Wildman–Crippen MR) is 78.9 cm³/mol. The number of carbonyl (C=O) groups is 1. The van der Waals surface area contributed by atoms with E-state index in [1.165, 1.54) is 0 Å². The number of methoxy groups -OCH3 is 1. The maximum absolute atomic E-state index is 12.0. The molecule has 102 valence electrons.